The highest BCUT2D eigenvalue weighted by molar-refractivity contribution is 6.02. The highest BCUT2D eigenvalue weighted by Gasteiger charge is 2.38. The van der Waals surface area contributed by atoms with Crippen LogP contribution in [0.5, 0.6) is 0 Å². The van der Waals surface area contributed by atoms with Crippen molar-refractivity contribution in [2.24, 2.45) is 11.8 Å². The number of hydrogen-bond donors (Lipinski definition) is 0. The third-order valence-corrected chi connectivity index (χ3v) is 8.23. The van der Waals surface area contributed by atoms with Crippen LogP contribution in [-0.4, -0.2) is 38.2 Å². The van der Waals surface area contributed by atoms with E-state index in [-0.39, 0.29) is 31.1 Å². The molecule has 2 aliphatic rings. The maximum Gasteiger partial charge on any atom is 0.341 e. The van der Waals surface area contributed by atoms with E-state index in [4.69, 9.17) is 14.2 Å². The van der Waals surface area contributed by atoms with Gasteiger partial charge in [-0.2, -0.15) is 0 Å². The number of hydrogen-bond acceptors (Lipinski definition) is 6. The lowest BCUT2D eigenvalue weighted by atomic mass is 9.77. The minimum Gasteiger partial charge on any atom is -0.469 e. The van der Waals surface area contributed by atoms with Crippen molar-refractivity contribution in [2.75, 3.05) is 20.3 Å². The third kappa shape index (κ3) is 7.95. The fourth-order valence-electron chi connectivity index (χ4n) is 6.27. The molecule has 6 nitrogen and oxygen atoms in total. The molecule has 2 atom stereocenters. The second kappa shape index (κ2) is 15.9. The minimum atomic E-state index is -1.41. The number of rotatable bonds is 11. The molecule has 2 unspecified atom stereocenters. The lowest BCUT2D eigenvalue weighted by Gasteiger charge is -2.29. The fourth-order valence-corrected chi connectivity index (χ4v) is 6.27. The first-order valence-corrected chi connectivity index (χ1v) is 15.0. The Labute approximate surface area is 250 Å². The summed E-state index contributed by atoms with van der Waals surface area (Å²) in [6.07, 6.45) is 7.48. The summed E-state index contributed by atoms with van der Waals surface area (Å²) in [6.45, 7) is 5.71. The summed E-state index contributed by atoms with van der Waals surface area (Å²) in [6, 6.07) is 0. The van der Waals surface area contributed by atoms with Gasteiger partial charge in [-0.15, -0.1) is 0 Å². The van der Waals surface area contributed by atoms with Gasteiger partial charge in [0.1, 0.15) is 34.4 Å². The molecule has 0 saturated heterocycles. The normalized spacial score (nSPS) is 20.0. The molecule has 2 fully saturated rings. The molecule has 0 aliphatic heterocycles. The second-order valence-corrected chi connectivity index (χ2v) is 10.9. The molecule has 1 aromatic carbocycles. The van der Waals surface area contributed by atoms with Gasteiger partial charge in [0, 0.05) is 16.7 Å². The number of halogens is 4. The Morgan fingerprint density at radius 3 is 2.00 bits per heavy atom. The lowest BCUT2D eigenvalue weighted by molar-refractivity contribution is -0.148. The van der Waals surface area contributed by atoms with Crippen molar-refractivity contribution < 1.29 is 46.2 Å². The molecule has 0 spiro atoms. The van der Waals surface area contributed by atoms with E-state index in [1.54, 1.807) is 0 Å². The van der Waals surface area contributed by atoms with Crippen LogP contribution in [0.25, 0.3) is 5.57 Å². The molecule has 0 bridgehead atoms. The van der Waals surface area contributed by atoms with E-state index in [9.17, 15) is 18.8 Å². The molecule has 0 N–H and O–H groups in total. The molecule has 0 radical (unpaired) electrons. The molecule has 0 amide bonds. The molecular weight excluding hydrogens is 568 g/mol. The van der Waals surface area contributed by atoms with Crippen LogP contribution in [0.15, 0.2) is 30.4 Å². The van der Waals surface area contributed by atoms with E-state index >= 15 is 13.2 Å². The summed E-state index contributed by atoms with van der Waals surface area (Å²) in [5, 5.41) is 0. The van der Waals surface area contributed by atoms with Gasteiger partial charge < -0.3 is 14.2 Å². The number of allylic oxidation sites excluding steroid dienone is 5. The Morgan fingerprint density at radius 2 is 1.42 bits per heavy atom. The lowest BCUT2D eigenvalue weighted by Crippen LogP contribution is -2.28. The predicted octanol–water partition coefficient (Wildman–Crippen LogP) is 8.46. The number of carbonyl (C=O) groups excluding carboxylic acids is 3. The van der Waals surface area contributed by atoms with Crippen LogP contribution >= 0.6 is 0 Å². The molecule has 43 heavy (non-hydrogen) atoms. The smallest absolute Gasteiger partial charge is 0.341 e. The first-order chi connectivity index (χ1) is 20.6. The second-order valence-electron chi connectivity index (χ2n) is 10.9. The molecule has 0 aromatic heterocycles. The fraction of sp³-hybridized carbons (Fsp3) is 0.545. The van der Waals surface area contributed by atoms with Crippen LogP contribution in [0, 0.1) is 23.5 Å². The monoisotopic (exact) mass is 608 g/mol. The third-order valence-electron chi connectivity index (χ3n) is 8.23. The van der Waals surface area contributed by atoms with Gasteiger partial charge in [-0.25, -0.2) is 27.2 Å². The molecule has 236 valence electrons. The Bertz CT molecular complexity index is 1280. The van der Waals surface area contributed by atoms with Crippen molar-refractivity contribution in [2.45, 2.75) is 84.0 Å². The van der Waals surface area contributed by atoms with E-state index in [2.05, 4.69) is 6.58 Å². The zero-order chi connectivity index (χ0) is 31.7. The Morgan fingerprint density at radius 1 is 0.837 bits per heavy atom. The number of esters is 3. The minimum absolute atomic E-state index is 0.00539. The van der Waals surface area contributed by atoms with Crippen molar-refractivity contribution in [1.29, 1.82) is 0 Å². The van der Waals surface area contributed by atoms with Gasteiger partial charge in [0.2, 0.25) is 0 Å². The molecule has 2 aliphatic carbocycles. The highest BCUT2D eigenvalue weighted by Crippen LogP contribution is 2.43. The van der Waals surface area contributed by atoms with Gasteiger partial charge in [-0.1, -0.05) is 38.7 Å². The quantitative estimate of drug-likeness (QED) is 0.109. The summed E-state index contributed by atoms with van der Waals surface area (Å²) >= 11 is 0. The van der Waals surface area contributed by atoms with Gasteiger partial charge in [0.05, 0.1) is 26.2 Å². The molecular formula is C33H40F4O6. The first kappa shape index (κ1) is 34.1. The van der Waals surface area contributed by atoms with E-state index in [1.165, 1.54) is 21.0 Å². The average molecular weight is 609 g/mol. The molecule has 0 heterocycles. The van der Waals surface area contributed by atoms with Crippen LogP contribution in [0.2, 0.25) is 0 Å². The number of benzene rings is 1. The summed E-state index contributed by atoms with van der Waals surface area (Å²) in [4.78, 5) is 38.6. The summed E-state index contributed by atoms with van der Waals surface area (Å²) in [5.41, 5.74) is -3.80. The average Bonchev–Trinajstić information content (AvgIpc) is 2.99. The molecule has 3 rings (SSSR count). The first-order valence-electron chi connectivity index (χ1n) is 15.0. The zero-order valence-electron chi connectivity index (χ0n) is 25.0. The largest absolute Gasteiger partial charge is 0.469 e. The Hall–Kier alpha value is -3.43. The van der Waals surface area contributed by atoms with Crippen LogP contribution in [0.1, 0.15) is 116 Å². The van der Waals surface area contributed by atoms with Gasteiger partial charge in [-0.05, 0) is 69.9 Å². The van der Waals surface area contributed by atoms with Gasteiger partial charge in [-0.3, -0.25) is 4.79 Å². The zero-order valence-corrected chi connectivity index (χ0v) is 25.0. The summed E-state index contributed by atoms with van der Waals surface area (Å²) in [7, 11) is 1.27. The van der Waals surface area contributed by atoms with E-state index in [0.29, 0.717) is 44.6 Å². The molecule has 2 saturated carbocycles. The standard InChI is InChI=1S/C33H40F4O6/c1-5-42-32(39)27-25(21-13-8-7-9-14-21)29(36)28(33(40)43-6-2)26(30(27)37)23(18-19(3)34)24(35)17-16-20-12-10-11-15-22(20)31(38)41-4/h17-18,20-22H,3,5-16H2,1-2,4H3/b23-18+,24-17+. The van der Waals surface area contributed by atoms with Crippen molar-refractivity contribution in [3.8, 4) is 0 Å². The number of methoxy groups -OCH3 is 1. The summed E-state index contributed by atoms with van der Waals surface area (Å²) < 4.78 is 78.6. The van der Waals surface area contributed by atoms with Gasteiger partial charge in [0.25, 0.3) is 0 Å². The van der Waals surface area contributed by atoms with Crippen LogP contribution < -0.4 is 0 Å². The van der Waals surface area contributed by atoms with Gasteiger partial charge in [0.15, 0.2) is 0 Å². The highest BCUT2D eigenvalue weighted by atomic mass is 19.1. The van der Waals surface area contributed by atoms with Crippen LogP contribution in [0.3, 0.4) is 0 Å². The number of ether oxygens (including phenoxy) is 3. The van der Waals surface area contributed by atoms with E-state index in [0.717, 1.165) is 25.3 Å². The Balaban J connectivity index is 2.28. The molecule has 10 heteroatoms. The van der Waals surface area contributed by atoms with Gasteiger partial charge >= 0.3 is 17.9 Å². The maximum atomic E-state index is 16.6. The maximum absolute atomic E-state index is 16.6. The summed E-state index contributed by atoms with van der Waals surface area (Å²) in [5.74, 6) is -9.32. The van der Waals surface area contributed by atoms with Crippen LogP contribution in [-0.2, 0) is 19.0 Å². The van der Waals surface area contributed by atoms with Crippen molar-refractivity contribution in [1.82, 2.24) is 0 Å². The Kier molecular flexibility index (Phi) is 12.6. The SMILES string of the molecule is C=C(F)/C=C(\C(F)=C/CC1CCCCC1C(=O)OC)c1c(F)c(C(=O)OCC)c(C2CCCCC2)c(F)c1C(=O)OCC. The van der Waals surface area contributed by atoms with E-state index in [1.807, 2.05) is 0 Å². The van der Waals surface area contributed by atoms with Crippen LogP contribution in [0.4, 0.5) is 17.6 Å². The molecule has 1 aromatic rings. The van der Waals surface area contributed by atoms with Crippen molar-refractivity contribution >= 4 is 23.5 Å². The van der Waals surface area contributed by atoms with Crippen molar-refractivity contribution in [3.05, 3.63) is 64.3 Å². The number of carbonyl (C=O) groups is 3. The van der Waals surface area contributed by atoms with Crippen molar-refractivity contribution in [3.63, 3.8) is 0 Å². The van der Waals surface area contributed by atoms with E-state index < -0.39 is 75.3 Å². The predicted molar refractivity (Wildman–Crippen MR) is 154 cm³/mol. The topological polar surface area (TPSA) is 78.9 Å².